The third-order valence-electron chi connectivity index (χ3n) is 5.99. The number of halogens is 1. The number of amides is 1. The maximum atomic E-state index is 13.1. The van der Waals surface area contributed by atoms with Crippen molar-refractivity contribution in [3.63, 3.8) is 0 Å². The van der Waals surface area contributed by atoms with Crippen LogP contribution in [0.2, 0.25) is 0 Å². The molecular formula is C23H27FN4O3. The quantitative estimate of drug-likeness (QED) is 0.736. The zero-order chi connectivity index (χ0) is 21.8. The average molecular weight is 426 g/mol. The monoisotopic (exact) mass is 426 g/mol. The SMILES string of the molecule is O=C(Nc1cnc(N2CCC[C@H](CN3CCCC3)C2)c(C(=O)O)c1)c1ccc(F)cc1. The summed E-state index contributed by atoms with van der Waals surface area (Å²) in [5.41, 5.74) is 0.642. The summed E-state index contributed by atoms with van der Waals surface area (Å²) in [4.78, 5) is 33.3. The molecular weight excluding hydrogens is 399 g/mol. The molecule has 31 heavy (non-hydrogen) atoms. The number of anilines is 2. The van der Waals surface area contributed by atoms with Gasteiger partial charge in [-0.15, -0.1) is 0 Å². The van der Waals surface area contributed by atoms with E-state index in [0.717, 1.165) is 45.6 Å². The predicted molar refractivity (Wildman–Crippen MR) is 116 cm³/mol. The first-order chi connectivity index (χ1) is 15.0. The van der Waals surface area contributed by atoms with Crippen molar-refractivity contribution in [2.24, 2.45) is 5.92 Å². The number of carboxylic acid groups (broad SMARTS) is 1. The summed E-state index contributed by atoms with van der Waals surface area (Å²) in [5, 5.41) is 12.4. The van der Waals surface area contributed by atoms with Crippen LogP contribution in [0, 0.1) is 11.7 Å². The number of benzene rings is 1. The van der Waals surface area contributed by atoms with Crippen LogP contribution in [-0.4, -0.2) is 59.6 Å². The van der Waals surface area contributed by atoms with E-state index in [9.17, 15) is 19.1 Å². The van der Waals surface area contributed by atoms with E-state index < -0.39 is 17.7 Å². The van der Waals surface area contributed by atoms with Crippen LogP contribution in [0.15, 0.2) is 36.5 Å². The molecule has 164 valence electrons. The number of aromatic nitrogens is 1. The molecule has 1 aromatic heterocycles. The standard InChI is InChI=1S/C23H27FN4O3/c24-18-7-5-17(6-8-18)22(29)26-19-12-20(23(30)31)21(25-13-19)28-11-3-4-16(15-28)14-27-9-1-2-10-27/h5-8,12-13,16H,1-4,9-11,14-15H2,(H,26,29)(H,30,31)/t16-/m1/s1. The molecule has 8 heteroatoms. The number of nitrogens with zero attached hydrogens (tertiary/aromatic N) is 3. The highest BCUT2D eigenvalue weighted by atomic mass is 19.1. The van der Waals surface area contributed by atoms with Crippen molar-refractivity contribution in [2.45, 2.75) is 25.7 Å². The molecule has 2 aliphatic heterocycles. The minimum atomic E-state index is -1.08. The number of hydrogen-bond acceptors (Lipinski definition) is 5. The van der Waals surface area contributed by atoms with E-state index in [4.69, 9.17) is 0 Å². The second-order valence-electron chi connectivity index (χ2n) is 8.32. The first-order valence-electron chi connectivity index (χ1n) is 10.8. The van der Waals surface area contributed by atoms with Gasteiger partial charge < -0.3 is 20.2 Å². The van der Waals surface area contributed by atoms with E-state index in [1.54, 1.807) is 0 Å². The van der Waals surface area contributed by atoms with Gasteiger partial charge in [-0.05, 0) is 75.0 Å². The molecule has 2 aromatic rings. The molecule has 2 saturated heterocycles. The third-order valence-corrected chi connectivity index (χ3v) is 5.99. The lowest BCUT2D eigenvalue weighted by molar-refractivity contribution is 0.0696. The number of hydrogen-bond donors (Lipinski definition) is 2. The van der Waals surface area contributed by atoms with Crippen LogP contribution < -0.4 is 10.2 Å². The molecule has 7 nitrogen and oxygen atoms in total. The first kappa shape index (κ1) is 21.2. The molecule has 2 aliphatic rings. The van der Waals surface area contributed by atoms with Gasteiger partial charge in [0, 0.05) is 25.2 Å². The van der Waals surface area contributed by atoms with Gasteiger partial charge in [-0.3, -0.25) is 4.79 Å². The molecule has 1 amide bonds. The van der Waals surface area contributed by atoms with Crippen molar-refractivity contribution in [3.05, 3.63) is 53.5 Å². The number of carbonyl (C=O) groups is 2. The molecule has 0 unspecified atom stereocenters. The van der Waals surface area contributed by atoms with Crippen molar-refractivity contribution in [2.75, 3.05) is 42.9 Å². The van der Waals surface area contributed by atoms with Crippen molar-refractivity contribution < 1.29 is 19.1 Å². The number of nitrogens with one attached hydrogen (secondary N) is 1. The highest BCUT2D eigenvalue weighted by Gasteiger charge is 2.27. The molecule has 2 fully saturated rings. The summed E-state index contributed by atoms with van der Waals surface area (Å²) in [6, 6.07) is 6.59. The molecule has 4 rings (SSSR count). The zero-order valence-electron chi connectivity index (χ0n) is 17.4. The fourth-order valence-corrected chi connectivity index (χ4v) is 4.48. The van der Waals surface area contributed by atoms with Gasteiger partial charge in [-0.25, -0.2) is 14.2 Å². The van der Waals surface area contributed by atoms with Gasteiger partial charge in [0.2, 0.25) is 0 Å². The smallest absolute Gasteiger partial charge is 0.339 e. The highest BCUT2D eigenvalue weighted by molar-refractivity contribution is 6.05. The molecule has 2 N–H and O–H groups in total. The van der Waals surface area contributed by atoms with E-state index in [1.807, 2.05) is 0 Å². The topological polar surface area (TPSA) is 85.8 Å². The van der Waals surface area contributed by atoms with E-state index in [2.05, 4.69) is 20.1 Å². The van der Waals surface area contributed by atoms with Gasteiger partial charge in [0.25, 0.3) is 5.91 Å². The third kappa shape index (κ3) is 5.19. The van der Waals surface area contributed by atoms with Crippen LogP contribution in [0.25, 0.3) is 0 Å². The molecule has 0 spiro atoms. The fourth-order valence-electron chi connectivity index (χ4n) is 4.48. The Hall–Kier alpha value is -3.00. The van der Waals surface area contributed by atoms with Gasteiger partial charge in [-0.2, -0.15) is 0 Å². The van der Waals surface area contributed by atoms with Crippen LogP contribution in [0.3, 0.4) is 0 Å². The Balaban J connectivity index is 1.48. The van der Waals surface area contributed by atoms with E-state index in [1.165, 1.54) is 49.4 Å². The van der Waals surface area contributed by atoms with Gasteiger partial charge in [0.1, 0.15) is 17.2 Å². The van der Waals surface area contributed by atoms with Crippen LogP contribution in [-0.2, 0) is 0 Å². The highest BCUT2D eigenvalue weighted by Crippen LogP contribution is 2.28. The summed E-state index contributed by atoms with van der Waals surface area (Å²) in [6.07, 6.45) is 6.13. The molecule has 3 heterocycles. The Morgan fingerprint density at radius 1 is 1.13 bits per heavy atom. The Kier molecular flexibility index (Phi) is 6.46. The maximum absolute atomic E-state index is 13.1. The summed E-state index contributed by atoms with van der Waals surface area (Å²) in [5.74, 6) is -1.02. The van der Waals surface area contributed by atoms with Gasteiger partial charge in [-0.1, -0.05) is 0 Å². The maximum Gasteiger partial charge on any atom is 0.339 e. The van der Waals surface area contributed by atoms with Gasteiger partial charge in [0.05, 0.1) is 11.9 Å². The van der Waals surface area contributed by atoms with Crippen LogP contribution in [0.1, 0.15) is 46.4 Å². The first-order valence-corrected chi connectivity index (χ1v) is 10.8. The number of piperidine rings is 1. The largest absolute Gasteiger partial charge is 0.478 e. The Morgan fingerprint density at radius 2 is 1.87 bits per heavy atom. The molecule has 1 aromatic carbocycles. The van der Waals surface area contributed by atoms with E-state index in [-0.39, 0.29) is 11.1 Å². The number of aromatic carboxylic acids is 1. The molecule has 1 atom stereocenters. The molecule has 0 bridgehead atoms. The molecule has 0 aliphatic carbocycles. The lowest BCUT2D eigenvalue weighted by atomic mass is 9.97. The van der Waals surface area contributed by atoms with Crippen LogP contribution >= 0.6 is 0 Å². The number of pyridine rings is 1. The Bertz CT molecular complexity index is 944. The van der Waals surface area contributed by atoms with Crippen molar-refractivity contribution in [3.8, 4) is 0 Å². The van der Waals surface area contributed by atoms with E-state index in [0.29, 0.717) is 17.4 Å². The summed E-state index contributed by atoms with van der Waals surface area (Å²) >= 11 is 0. The van der Waals surface area contributed by atoms with Crippen molar-refractivity contribution >= 4 is 23.4 Å². The van der Waals surface area contributed by atoms with E-state index >= 15 is 0 Å². The minimum absolute atomic E-state index is 0.0683. The second-order valence-corrected chi connectivity index (χ2v) is 8.32. The number of carbonyl (C=O) groups excluding carboxylic acids is 1. The molecule has 0 saturated carbocycles. The number of likely N-dealkylation sites (tertiary alicyclic amines) is 1. The normalized spacial score (nSPS) is 19.4. The van der Waals surface area contributed by atoms with Crippen molar-refractivity contribution in [1.82, 2.24) is 9.88 Å². The summed E-state index contributed by atoms with van der Waals surface area (Å²) < 4.78 is 13.1. The number of carboxylic acids is 1. The zero-order valence-corrected chi connectivity index (χ0v) is 17.4. The van der Waals surface area contributed by atoms with Gasteiger partial charge in [0.15, 0.2) is 0 Å². The average Bonchev–Trinajstić information content (AvgIpc) is 3.27. The second kappa shape index (κ2) is 9.43. The Morgan fingerprint density at radius 3 is 2.58 bits per heavy atom. The predicted octanol–water partition coefficient (Wildman–Crippen LogP) is 3.48. The van der Waals surface area contributed by atoms with Crippen molar-refractivity contribution in [1.29, 1.82) is 0 Å². The summed E-state index contributed by atoms with van der Waals surface area (Å²) in [7, 11) is 0. The van der Waals surface area contributed by atoms with Crippen LogP contribution in [0.5, 0.6) is 0 Å². The Labute approximate surface area is 180 Å². The lowest BCUT2D eigenvalue weighted by Crippen LogP contribution is -2.41. The fraction of sp³-hybridized carbons (Fsp3) is 0.435. The minimum Gasteiger partial charge on any atom is -0.478 e. The summed E-state index contributed by atoms with van der Waals surface area (Å²) in [6.45, 7) is 4.90. The van der Waals surface area contributed by atoms with Gasteiger partial charge >= 0.3 is 5.97 Å². The number of rotatable bonds is 6. The van der Waals surface area contributed by atoms with Crippen LogP contribution in [0.4, 0.5) is 15.9 Å². The molecule has 0 radical (unpaired) electrons. The lowest BCUT2D eigenvalue weighted by Gasteiger charge is -2.36.